The van der Waals surface area contributed by atoms with Gasteiger partial charge in [0.15, 0.2) is 0 Å². The van der Waals surface area contributed by atoms with Gasteiger partial charge in [-0.3, -0.25) is 4.90 Å². The van der Waals surface area contributed by atoms with Crippen molar-refractivity contribution in [2.45, 2.75) is 51.1 Å². The molecule has 2 aliphatic rings. The molecule has 1 saturated heterocycles. The van der Waals surface area contributed by atoms with E-state index in [1.54, 1.807) is 11.2 Å². The van der Waals surface area contributed by atoms with Crippen LogP contribution in [0.2, 0.25) is 0 Å². The minimum Gasteiger partial charge on any atom is -0.475 e. The van der Waals surface area contributed by atoms with Crippen molar-refractivity contribution in [2.24, 2.45) is 0 Å². The molecule has 2 aromatic rings. The van der Waals surface area contributed by atoms with Gasteiger partial charge in [-0.15, -0.1) is 0 Å². The first kappa shape index (κ1) is 34.0. The van der Waals surface area contributed by atoms with Gasteiger partial charge in [-0.25, -0.2) is 27.3 Å². The standard InChI is InChI=1S/C20H28N4O2S.2C2HF3O2/c1-4-27(25,26)23-11-9-20(10-12-23)19-21-15-18(24(19)14-13-22(20)3)17-7-5-16(2)6-8-17;2*3-2(4,5)1(6)7/h5-8,15H,4,9-14H2,1-3H3;2*(H,6,7). The number of piperidine rings is 1. The van der Waals surface area contributed by atoms with E-state index in [9.17, 15) is 34.8 Å². The predicted octanol–water partition coefficient (Wildman–Crippen LogP) is 3.71. The number of hydrogen-bond donors (Lipinski definition) is 2. The van der Waals surface area contributed by atoms with E-state index in [2.05, 4.69) is 47.7 Å². The Labute approximate surface area is 232 Å². The van der Waals surface area contributed by atoms with E-state index in [1.807, 2.05) is 6.20 Å². The van der Waals surface area contributed by atoms with E-state index >= 15 is 0 Å². The van der Waals surface area contributed by atoms with E-state index in [4.69, 9.17) is 24.8 Å². The van der Waals surface area contributed by atoms with Gasteiger partial charge < -0.3 is 14.8 Å². The summed E-state index contributed by atoms with van der Waals surface area (Å²) in [5.41, 5.74) is 3.41. The highest BCUT2D eigenvalue weighted by atomic mass is 32.2. The van der Waals surface area contributed by atoms with Crippen LogP contribution in [0.15, 0.2) is 30.5 Å². The van der Waals surface area contributed by atoms with Crippen LogP contribution in [0.25, 0.3) is 11.3 Å². The van der Waals surface area contributed by atoms with E-state index in [0.29, 0.717) is 13.1 Å². The Kier molecular flexibility index (Phi) is 10.6. The summed E-state index contributed by atoms with van der Waals surface area (Å²) >= 11 is 0. The number of alkyl halides is 6. The number of rotatable bonds is 3. The molecule has 10 nitrogen and oxygen atoms in total. The van der Waals surface area contributed by atoms with Crippen molar-refractivity contribution in [1.82, 2.24) is 18.8 Å². The molecule has 41 heavy (non-hydrogen) atoms. The molecule has 0 unspecified atom stereocenters. The Morgan fingerprint density at radius 2 is 1.39 bits per heavy atom. The second kappa shape index (κ2) is 12.8. The minimum absolute atomic E-state index is 0.169. The Morgan fingerprint density at radius 3 is 1.80 bits per heavy atom. The summed E-state index contributed by atoms with van der Waals surface area (Å²) in [4.78, 5) is 25.0. The molecule has 1 spiro atoms. The quantitative estimate of drug-likeness (QED) is 0.499. The molecule has 1 fully saturated rings. The maximum Gasteiger partial charge on any atom is 0.490 e. The smallest absolute Gasteiger partial charge is 0.475 e. The third kappa shape index (κ3) is 8.19. The van der Waals surface area contributed by atoms with Crippen molar-refractivity contribution in [3.8, 4) is 11.3 Å². The monoisotopic (exact) mass is 616 g/mol. The molecular weight excluding hydrogens is 586 g/mol. The lowest BCUT2D eigenvalue weighted by Crippen LogP contribution is -2.57. The zero-order valence-electron chi connectivity index (χ0n) is 22.3. The SMILES string of the molecule is CCS(=O)(=O)N1CCC2(CC1)c1ncc(-c3ccc(C)cc3)n1CCN2C.O=C(O)C(F)(F)F.O=C(O)C(F)(F)F. The van der Waals surface area contributed by atoms with E-state index < -0.39 is 34.3 Å². The largest absolute Gasteiger partial charge is 0.490 e. The van der Waals surface area contributed by atoms with Crippen LogP contribution in [0.3, 0.4) is 0 Å². The van der Waals surface area contributed by atoms with Gasteiger partial charge in [0.1, 0.15) is 5.82 Å². The van der Waals surface area contributed by atoms with Crippen molar-refractivity contribution in [2.75, 3.05) is 32.4 Å². The fourth-order valence-corrected chi connectivity index (χ4v) is 5.59. The highest BCUT2D eigenvalue weighted by Crippen LogP contribution is 2.42. The zero-order chi connectivity index (χ0) is 31.4. The summed E-state index contributed by atoms with van der Waals surface area (Å²) in [6, 6.07) is 8.57. The van der Waals surface area contributed by atoms with Gasteiger partial charge in [0.25, 0.3) is 0 Å². The summed E-state index contributed by atoms with van der Waals surface area (Å²) in [5, 5.41) is 14.2. The molecule has 1 aromatic heterocycles. The number of sulfonamides is 1. The number of halogens is 6. The Bertz CT molecular complexity index is 1290. The number of carboxylic acids is 2. The number of carbonyl (C=O) groups is 2. The van der Waals surface area contributed by atoms with E-state index in [1.165, 1.54) is 11.1 Å². The predicted molar refractivity (Wildman–Crippen MR) is 134 cm³/mol. The van der Waals surface area contributed by atoms with Gasteiger partial charge in [0.2, 0.25) is 10.0 Å². The third-order valence-corrected chi connectivity index (χ3v) is 8.68. The van der Waals surface area contributed by atoms with Crippen LogP contribution in [0, 0.1) is 6.92 Å². The molecule has 4 rings (SSSR count). The first-order valence-electron chi connectivity index (χ1n) is 12.2. The normalized spacial score (nSPS) is 17.5. The van der Waals surface area contributed by atoms with Crippen molar-refractivity contribution in [3.05, 3.63) is 41.9 Å². The Hall–Kier alpha value is -3.18. The summed E-state index contributed by atoms with van der Waals surface area (Å²) in [5.74, 6) is -4.26. The molecule has 2 aliphatic heterocycles. The molecule has 2 N–H and O–H groups in total. The lowest BCUT2D eigenvalue weighted by molar-refractivity contribution is -0.193. The number of nitrogens with zero attached hydrogens (tertiary/aromatic N) is 4. The van der Waals surface area contributed by atoms with Crippen molar-refractivity contribution < 1.29 is 54.6 Å². The van der Waals surface area contributed by atoms with Crippen LogP contribution in [0.1, 0.15) is 31.2 Å². The molecule has 0 bridgehead atoms. The van der Waals surface area contributed by atoms with E-state index in [0.717, 1.165) is 37.4 Å². The number of benzene rings is 1. The number of aromatic nitrogens is 2. The number of hydrogen-bond acceptors (Lipinski definition) is 6. The van der Waals surface area contributed by atoms with Crippen LogP contribution in [0.5, 0.6) is 0 Å². The number of fused-ring (bicyclic) bond motifs is 2. The maximum atomic E-state index is 12.3. The van der Waals surface area contributed by atoms with Crippen molar-refractivity contribution >= 4 is 22.0 Å². The topological polar surface area (TPSA) is 133 Å². The highest BCUT2D eigenvalue weighted by Gasteiger charge is 2.47. The molecule has 0 amide bonds. The van der Waals surface area contributed by atoms with Gasteiger partial charge in [-0.05, 0) is 39.3 Å². The molecule has 230 valence electrons. The second-order valence-electron chi connectivity index (χ2n) is 9.34. The zero-order valence-corrected chi connectivity index (χ0v) is 23.1. The highest BCUT2D eigenvalue weighted by molar-refractivity contribution is 7.89. The molecule has 0 aliphatic carbocycles. The molecule has 3 heterocycles. The number of aliphatic carboxylic acids is 2. The van der Waals surface area contributed by atoms with Crippen LogP contribution in [0.4, 0.5) is 26.3 Å². The lowest BCUT2D eigenvalue weighted by atomic mass is 9.84. The second-order valence-corrected chi connectivity index (χ2v) is 11.6. The van der Waals surface area contributed by atoms with Crippen LogP contribution in [-0.2, 0) is 31.7 Å². The summed E-state index contributed by atoms with van der Waals surface area (Å²) < 4.78 is 92.0. The van der Waals surface area contributed by atoms with Gasteiger partial charge in [0, 0.05) is 26.2 Å². The van der Waals surface area contributed by atoms with E-state index in [-0.39, 0.29) is 11.3 Å². The summed E-state index contributed by atoms with van der Waals surface area (Å²) in [6.45, 7) is 6.79. The average Bonchev–Trinajstić information content (AvgIpc) is 3.32. The van der Waals surface area contributed by atoms with Gasteiger partial charge in [-0.2, -0.15) is 26.3 Å². The number of likely N-dealkylation sites (N-methyl/N-ethyl adjacent to an activating group) is 1. The summed E-state index contributed by atoms with van der Waals surface area (Å²) in [6.07, 6.45) is -6.61. The first-order chi connectivity index (χ1) is 18.8. The fourth-order valence-electron chi connectivity index (χ4n) is 4.49. The fraction of sp³-hybridized carbons (Fsp3) is 0.542. The molecule has 0 atom stereocenters. The van der Waals surface area contributed by atoms with Crippen molar-refractivity contribution in [3.63, 3.8) is 0 Å². The van der Waals surface area contributed by atoms with Gasteiger partial charge >= 0.3 is 24.3 Å². The van der Waals surface area contributed by atoms with Crippen LogP contribution in [-0.4, -0.2) is 94.1 Å². The summed E-state index contributed by atoms with van der Waals surface area (Å²) in [7, 11) is -0.979. The van der Waals surface area contributed by atoms with Gasteiger partial charge in [-0.1, -0.05) is 29.8 Å². The van der Waals surface area contributed by atoms with Gasteiger partial charge in [0.05, 0.1) is 23.2 Å². The molecular formula is C24H30F6N4O6S. The lowest BCUT2D eigenvalue weighted by Gasteiger charge is -2.49. The number of imidazole rings is 1. The third-order valence-electron chi connectivity index (χ3n) is 6.80. The maximum absolute atomic E-state index is 12.3. The average molecular weight is 617 g/mol. The van der Waals surface area contributed by atoms with Crippen molar-refractivity contribution in [1.29, 1.82) is 0 Å². The Balaban J connectivity index is 0.000000349. The van der Waals surface area contributed by atoms with Crippen LogP contribution < -0.4 is 0 Å². The first-order valence-corrected chi connectivity index (χ1v) is 13.8. The minimum atomic E-state index is -5.08. The molecule has 0 saturated carbocycles. The Morgan fingerprint density at radius 1 is 0.927 bits per heavy atom. The molecule has 1 aromatic carbocycles. The number of aryl methyl sites for hydroxylation is 1. The molecule has 17 heteroatoms. The van der Waals surface area contributed by atoms with Crippen LogP contribution >= 0.6 is 0 Å². The number of carboxylic acid groups (broad SMARTS) is 2. The molecule has 0 radical (unpaired) electrons.